The highest BCUT2D eigenvalue weighted by molar-refractivity contribution is 7.89. The fourth-order valence-corrected chi connectivity index (χ4v) is 57.6. The van der Waals surface area contributed by atoms with Crippen LogP contribution in [-0.4, -0.2) is 418 Å². The van der Waals surface area contributed by atoms with Gasteiger partial charge in [-0.3, -0.25) is 18.7 Å². The molecular formula is C62H159ClN30OP10. The zero-order valence-corrected chi connectivity index (χ0v) is 84.6. The van der Waals surface area contributed by atoms with E-state index in [0.29, 0.717) is 13.1 Å². The van der Waals surface area contributed by atoms with Gasteiger partial charge in [0.05, 0.1) is 0 Å². The predicted octanol–water partition coefficient (Wildman–Crippen LogP) is 12.7. The van der Waals surface area contributed by atoms with E-state index in [1.54, 1.807) is 0 Å². The largest absolute Gasteiger partial charge is 1.00 e. The lowest BCUT2D eigenvalue weighted by atomic mass is 10.2. The van der Waals surface area contributed by atoms with Crippen LogP contribution in [0.15, 0.2) is 96.8 Å². The lowest BCUT2D eigenvalue weighted by Gasteiger charge is -2.44. The highest BCUT2D eigenvalue weighted by atomic mass is 35.5. The quantitative estimate of drug-likeness (QED) is 0.0598. The first kappa shape index (κ1) is 111. The summed E-state index contributed by atoms with van der Waals surface area (Å²) in [4.78, 5) is 0. The molecule has 42 heteroatoms. The Labute approximate surface area is 650 Å². The maximum Gasteiger partial charge on any atom is 0.501 e. The Kier molecular flexibility index (Phi) is 49.8. The maximum absolute atomic E-state index is 6.22. The molecule has 0 saturated carbocycles. The first-order valence-corrected chi connectivity index (χ1v) is 51.4. The van der Waals surface area contributed by atoms with Crippen LogP contribution in [0, 0.1) is 0 Å². The van der Waals surface area contributed by atoms with E-state index in [2.05, 4.69) is 473 Å². The van der Waals surface area contributed by atoms with Crippen molar-refractivity contribution >= 4 is 75.5 Å². The summed E-state index contributed by atoms with van der Waals surface area (Å²) in [7, 11) is 61.7. The van der Waals surface area contributed by atoms with Crippen LogP contribution in [0.4, 0.5) is 0 Å². The molecule has 0 heterocycles. The summed E-state index contributed by atoms with van der Waals surface area (Å²) >= 11 is 0. The minimum atomic E-state index is -3.44. The van der Waals surface area contributed by atoms with Gasteiger partial charge < -0.3 is 17.9 Å². The third kappa shape index (κ3) is 25.3. The van der Waals surface area contributed by atoms with Crippen LogP contribution in [0.5, 0.6) is 0 Å². The van der Waals surface area contributed by atoms with Crippen molar-refractivity contribution in [3.8, 4) is 0 Å². The molecule has 0 aliphatic carbocycles. The summed E-state index contributed by atoms with van der Waals surface area (Å²) in [6, 6.07) is 21.2. The summed E-state index contributed by atoms with van der Waals surface area (Å²) in [5, 5.41) is 0. The third-order valence-electron chi connectivity index (χ3n) is 17.1. The monoisotopic (exact) mass is 1690 g/mol. The summed E-state index contributed by atoms with van der Waals surface area (Å²) in [6.07, 6.45) is 0. The maximum atomic E-state index is 6.22. The smallest absolute Gasteiger partial charge is 0.501 e. The molecule has 0 bridgehead atoms. The molecule has 2 rings (SSSR count). The van der Waals surface area contributed by atoms with E-state index in [0.717, 1.165) is 0 Å². The average molecular weight is 1690 g/mol. The first-order valence-electron chi connectivity index (χ1n) is 34.4. The second-order valence-electron chi connectivity index (χ2n) is 28.3. The Bertz CT molecular complexity index is 2820. The first-order chi connectivity index (χ1) is 46.5. The minimum Gasteiger partial charge on any atom is -1.00 e. The van der Waals surface area contributed by atoms with E-state index < -0.39 is 75.5 Å². The van der Waals surface area contributed by atoms with E-state index >= 15 is 0 Å². The Morgan fingerprint density at radius 1 is 0.221 bits per heavy atom. The van der Waals surface area contributed by atoms with Gasteiger partial charge in [-0.25, -0.2) is 84.1 Å². The van der Waals surface area contributed by atoms with E-state index in [4.69, 9.17) is 36.1 Å². The third-order valence-corrected chi connectivity index (χ3v) is 58.6. The molecule has 0 radical (unpaired) electrons. The molecule has 0 fully saturated rings. The number of rotatable bonds is 34. The zero-order chi connectivity index (χ0) is 81.0. The van der Waals surface area contributed by atoms with E-state index in [-0.39, 0.29) is 17.9 Å². The van der Waals surface area contributed by atoms with Gasteiger partial charge in [-0.2, -0.15) is 0 Å². The Balaban J connectivity index is -0.000000901. The number of halogens is 1. The molecule has 0 saturated heterocycles. The Morgan fingerprint density at radius 2 is 0.356 bits per heavy atom. The summed E-state index contributed by atoms with van der Waals surface area (Å²) in [5.41, 5.74) is 2.44. The number of benzene rings is 2. The van der Waals surface area contributed by atoms with Crippen molar-refractivity contribution < 1.29 is 17.9 Å². The fraction of sp³-hybridized carbons (Fsp3) is 0.806. The molecule has 0 aliphatic heterocycles. The highest BCUT2D eigenvalue weighted by Gasteiger charge is 2.58. The Hall–Kier alpha value is 0.510. The van der Waals surface area contributed by atoms with Gasteiger partial charge >= 0.3 is 15.7 Å². The van der Waals surface area contributed by atoms with Crippen LogP contribution < -0.4 is 12.4 Å². The van der Waals surface area contributed by atoms with Gasteiger partial charge in [-0.15, -0.1) is 0 Å². The van der Waals surface area contributed by atoms with Crippen LogP contribution in [0.1, 0.15) is 38.8 Å². The second kappa shape index (κ2) is 46.8. The number of hydrogen-bond acceptors (Lipinski definition) is 9. The van der Waals surface area contributed by atoms with E-state index in [9.17, 15) is 0 Å². The number of hydrogen-bond donors (Lipinski definition) is 0. The van der Waals surface area contributed by atoms with E-state index in [1.165, 1.54) is 11.1 Å². The van der Waals surface area contributed by atoms with Crippen molar-refractivity contribution in [2.45, 2.75) is 40.8 Å². The van der Waals surface area contributed by atoms with Crippen molar-refractivity contribution in [3.05, 3.63) is 71.8 Å². The second-order valence-corrected chi connectivity index (χ2v) is 63.4. The molecule has 104 heavy (non-hydrogen) atoms. The van der Waals surface area contributed by atoms with Crippen LogP contribution >= 0.6 is 75.5 Å². The molecule has 31 nitrogen and oxygen atoms in total. The molecule has 0 unspecified atom stereocenters. The SMILES string of the molecule is CC.CC.CN(C)P(C)(=N[P+](N=P(N(C)C)(N(C)C)N(C)C)(N=P(N(C)C)(N(C)C)N(C)C)N=P(N(C)C)(N(C)C)N(C)Cc1ccccc1)N(C)C.CN(C)P(C)(=N[P+](N=P(N(C)C)(N(C)C)N(C)C)(N=P(N(C)C)(N(C)C)N(C)C)N=P(N(C)C)(N(C)C)N(C)Cc1ccccc1)N(C)C.[Cl-].[OH-]. The Morgan fingerprint density at radius 3 is 0.481 bits per heavy atom. The molecule has 0 atom stereocenters. The van der Waals surface area contributed by atoms with Gasteiger partial charge in [0.15, 0.2) is 0 Å². The molecule has 0 aliphatic rings. The average Bonchev–Trinajstić information content (AvgIpc) is 0.731. The van der Waals surface area contributed by atoms with Gasteiger partial charge in [-0.05, 0) is 343 Å². The molecule has 2 aromatic rings. The standard InChI is InChI=1S/2C29H73N15P5.2C2H6.ClH.H2O/c2*1-34(2)45(22,35(3)4)30-46(31-47(36(5)6,37(7)8)38(9)10,32-48(39(11)12,40(13)14)41(15)16)33-49(42(17)18,43(19)20)44(21)28-29-26-24-23-25-27-29;2*1-2;;/h2*23-27H,28H2,1-22H3;2*1-2H3;1H;1H2/q2*+1;;;;/p-2. The normalized spacial score (nSPS) is 13.7. The van der Waals surface area contributed by atoms with Crippen molar-refractivity contribution in [3.63, 3.8) is 0 Å². The summed E-state index contributed by atoms with van der Waals surface area (Å²) in [6.45, 7) is 13.9. The van der Waals surface area contributed by atoms with Gasteiger partial charge in [0, 0.05) is 26.4 Å². The number of nitrogens with zero attached hydrogens (tertiary/aromatic N) is 30. The van der Waals surface area contributed by atoms with Gasteiger partial charge in [0.1, 0.15) is 14.7 Å². The van der Waals surface area contributed by atoms with Crippen molar-refractivity contribution in [2.75, 3.05) is 309 Å². The molecule has 1 N–H and O–H groups in total. The molecule has 0 aromatic heterocycles. The lowest BCUT2D eigenvalue weighted by Crippen LogP contribution is -3.00. The molecule has 620 valence electrons. The minimum absolute atomic E-state index is 0. The van der Waals surface area contributed by atoms with Crippen LogP contribution in [0.3, 0.4) is 0 Å². The summed E-state index contributed by atoms with van der Waals surface area (Å²) in [5.74, 6) is 0. The van der Waals surface area contributed by atoms with Crippen LogP contribution in [0.2, 0.25) is 0 Å². The van der Waals surface area contributed by atoms with E-state index in [1.807, 2.05) is 27.7 Å². The molecule has 0 amide bonds. The van der Waals surface area contributed by atoms with Gasteiger partial charge in [0.2, 0.25) is 45.0 Å². The van der Waals surface area contributed by atoms with Gasteiger partial charge in [-0.1, -0.05) is 88.4 Å². The topological polar surface area (TPSA) is 200 Å². The summed E-state index contributed by atoms with van der Waals surface area (Å²) < 4.78 is 99.1. The molecule has 0 spiro atoms. The molecular weight excluding hydrogens is 1530 g/mol. The van der Waals surface area contributed by atoms with Crippen molar-refractivity contribution in [1.82, 2.24) is 103 Å². The predicted molar refractivity (Wildman–Crippen MR) is 475 cm³/mol. The van der Waals surface area contributed by atoms with Gasteiger partial charge in [0.25, 0.3) is 0 Å². The molecule has 2 aromatic carbocycles. The van der Waals surface area contributed by atoms with Crippen LogP contribution in [0.25, 0.3) is 0 Å². The highest BCUT2D eigenvalue weighted by Crippen LogP contribution is 2.88. The zero-order valence-electron chi connectivity index (χ0n) is 74.9. The van der Waals surface area contributed by atoms with Crippen molar-refractivity contribution in [1.29, 1.82) is 0 Å². The fourth-order valence-electron chi connectivity index (χ4n) is 12.2. The van der Waals surface area contributed by atoms with Crippen LogP contribution in [-0.2, 0) is 13.1 Å². The lowest BCUT2D eigenvalue weighted by molar-refractivity contribution is -0.0000256. The van der Waals surface area contributed by atoms with Crippen molar-refractivity contribution in [2.24, 2.45) is 36.1 Å².